The summed E-state index contributed by atoms with van der Waals surface area (Å²) in [6, 6.07) is 4.99. The third-order valence-corrected chi connectivity index (χ3v) is 4.74. The summed E-state index contributed by atoms with van der Waals surface area (Å²) < 4.78 is 41.9. The van der Waals surface area contributed by atoms with Gasteiger partial charge in [-0.25, -0.2) is 23.2 Å². The first-order valence-electron chi connectivity index (χ1n) is 9.53. The Bertz CT molecular complexity index is 833. The van der Waals surface area contributed by atoms with Crippen molar-refractivity contribution < 1.29 is 13.2 Å². The first-order valence-corrected chi connectivity index (χ1v) is 9.53. The largest absolute Gasteiger partial charge is 0.365 e. The van der Waals surface area contributed by atoms with E-state index in [1.54, 1.807) is 6.92 Å². The number of hydrogen-bond acceptors (Lipinski definition) is 5. The lowest BCUT2D eigenvalue weighted by Gasteiger charge is -2.35. The summed E-state index contributed by atoms with van der Waals surface area (Å²) in [5, 5.41) is 12.2. The van der Waals surface area contributed by atoms with Crippen molar-refractivity contribution in [2.75, 3.05) is 13.1 Å². The number of halogens is 3. The molecule has 0 saturated carbocycles. The molecule has 0 spiro atoms. The van der Waals surface area contributed by atoms with Gasteiger partial charge in [-0.1, -0.05) is 6.07 Å². The van der Waals surface area contributed by atoms with Crippen LogP contribution in [0.3, 0.4) is 0 Å². The standard InChI is InChI=1S/C21H26F3N5/c1-13(2)27-20(28-14(3)12-25)21(26-4)29-9-7-15(8-10-29)19(24)17-6-5-16(22)11-18(17)23/h5-6,11,13,15,19,27H,4,7-10H2,1-3H3/b21-20+,28-14+/t19-/m0/s1. The first kappa shape index (κ1) is 22.5. The molecule has 1 fully saturated rings. The first-order chi connectivity index (χ1) is 13.8. The fourth-order valence-corrected chi connectivity index (χ4v) is 3.32. The molecule has 156 valence electrons. The van der Waals surface area contributed by atoms with Gasteiger partial charge in [0.1, 0.15) is 29.6 Å². The molecule has 1 aromatic carbocycles. The van der Waals surface area contributed by atoms with Crippen molar-refractivity contribution >= 4 is 12.4 Å². The maximum atomic E-state index is 14.9. The second kappa shape index (κ2) is 10.1. The maximum Gasteiger partial charge on any atom is 0.171 e. The molecule has 0 bridgehead atoms. The number of nitrogens with zero attached hydrogens (tertiary/aromatic N) is 4. The van der Waals surface area contributed by atoms with E-state index in [1.165, 1.54) is 6.07 Å². The average molecular weight is 405 g/mol. The van der Waals surface area contributed by atoms with E-state index < -0.39 is 17.8 Å². The number of piperidine rings is 1. The number of rotatable bonds is 7. The predicted octanol–water partition coefficient (Wildman–Crippen LogP) is 4.50. The topological polar surface area (TPSA) is 63.8 Å². The zero-order valence-corrected chi connectivity index (χ0v) is 16.9. The molecular formula is C21H26F3N5. The minimum Gasteiger partial charge on any atom is -0.365 e. The Hall–Kier alpha value is -2.82. The number of alkyl halides is 1. The predicted molar refractivity (Wildman–Crippen MR) is 108 cm³/mol. The van der Waals surface area contributed by atoms with Crippen LogP contribution in [0.1, 0.15) is 45.3 Å². The van der Waals surface area contributed by atoms with E-state index in [4.69, 9.17) is 5.26 Å². The molecule has 1 N–H and O–H groups in total. The quantitative estimate of drug-likeness (QED) is 0.680. The molecule has 5 nitrogen and oxygen atoms in total. The van der Waals surface area contributed by atoms with Gasteiger partial charge in [0, 0.05) is 30.8 Å². The van der Waals surface area contributed by atoms with E-state index in [9.17, 15) is 13.2 Å². The van der Waals surface area contributed by atoms with Crippen molar-refractivity contribution in [1.82, 2.24) is 10.2 Å². The third-order valence-electron chi connectivity index (χ3n) is 4.74. The summed E-state index contributed by atoms with van der Waals surface area (Å²) in [7, 11) is 0. The van der Waals surface area contributed by atoms with Gasteiger partial charge >= 0.3 is 0 Å². The molecule has 0 aliphatic carbocycles. The van der Waals surface area contributed by atoms with Gasteiger partial charge in [0.2, 0.25) is 0 Å². The van der Waals surface area contributed by atoms with E-state index in [2.05, 4.69) is 22.0 Å². The number of nitrogens with one attached hydrogen (secondary N) is 1. The van der Waals surface area contributed by atoms with Gasteiger partial charge in [-0.3, -0.25) is 0 Å². The minimum absolute atomic E-state index is 0.0613. The number of nitriles is 1. The summed E-state index contributed by atoms with van der Waals surface area (Å²) in [6.45, 7) is 10.1. The Morgan fingerprint density at radius 3 is 2.48 bits per heavy atom. The van der Waals surface area contributed by atoms with E-state index in [0.717, 1.165) is 6.07 Å². The summed E-state index contributed by atoms with van der Waals surface area (Å²) in [5.74, 6) is -1.04. The Labute approximate surface area is 169 Å². The molecular weight excluding hydrogens is 379 g/mol. The smallest absolute Gasteiger partial charge is 0.171 e. The molecule has 1 aliphatic rings. The molecule has 0 aromatic heterocycles. The highest BCUT2D eigenvalue weighted by Crippen LogP contribution is 2.36. The van der Waals surface area contributed by atoms with Crippen LogP contribution in [0.15, 0.2) is 39.8 Å². The van der Waals surface area contributed by atoms with Gasteiger partial charge in [0.25, 0.3) is 0 Å². The van der Waals surface area contributed by atoms with Crippen LogP contribution < -0.4 is 5.32 Å². The molecule has 29 heavy (non-hydrogen) atoms. The number of hydrogen-bond donors (Lipinski definition) is 1. The van der Waals surface area contributed by atoms with Gasteiger partial charge in [0.15, 0.2) is 11.6 Å². The molecule has 1 heterocycles. The number of likely N-dealkylation sites (tertiary alicyclic amines) is 1. The van der Waals surface area contributed by atoms with Crippen molar-refractivity contribution in [3.63, 3.8) is 0 Å². The highest BCUT2D eigenvalue weighted by atomic mass is 19.1. The van der Waals surface area contributed by atoms with Crippen molar-refractivity contribution in [3.8, 4) is 6.07 Å². The highest BCUT2D eigenvalue weighted by Gasteiger charge is 2.31. The van der Waals surface area contributed by atoms with E-state index in [1.807, 2.05) is 24.8 Å². The molecule has 0 unspecified atom stereocenters. The summed E-state index contributed by atoms with van der Waals surface area (Å²) >= 11 is 0. The van der Waals surface area contributed by atoms with Crippen molar-refractivity contribution in [2.24, 2.45) is 15.9 Å². The molecule has 1 atom stereocenters. The highest BCUT2D eigenvalue weighted by molar-refractivity contribution is 5.96. The summed E-state index contributed by atoms with van der Waals surface area (Å²) in [5.41, 5.74) is 0.165. The van der Waals surface area contributed by atoms with Crippen molar-refractivity contribution in [3.05, 3.63) is 47.0 Å². The van der Waals surface area contributed by atoms with E-state index in [-0.39, 0.29) is 23.2 Å². The lowest BCUT2D eigenvalue weighted by atomic mass is 9.88. The molecule has 0 radical (unpaired) electrons. The van der Waals surface area contributed by atoms with Crippen molar-refractivity contribution in [1.29, 1.82) is 5.26 Å². The van der Waals surface area contributed by atoms with Crippen LogP contribution >= 0.6 is 0 Å². The molecule has 1 aromatic rings. The normalized spacial score (nSPS) is 17.6. The van der Waals surface area contributed by atoms with Crippen LogP contribution in [0.25, 0.3) is 0 Å². The molecule has 1 saturated heterocycles. The molecule has 8 heteroatoms. The van der Waals surface area contributed by atoms with Gasteiger partial charge in [-0.15, -0.1) is 0 Å². The number of benzene rings is 1. The third kappa shape index (κ3) is 5.83. The second-order valence-electron chi connectivity index (χ2n) is 7.33. The fourth-order valence-electron chi connectivity index (χ4n) is 3.32. The van der Waals surface area contributed by atoms with Crippen LogP contribution in [-0.4, -0.2) is 36.5 Å². The van der Waals surface area contributed by atoms with Gasteiger partial charge in [-0.2, -0.15) is 5.26 Å². The summed E-state index contributed by atoms with van der Waals surface area (Å²) in [6.07, 6.45) is -0.575. The Morgan fingerprint density at radius 1 is 1.31 bits per heavy atom. The van der Waals surface area contributed by atoms with E-state index in [0.29, 0.717) is 43.6 Å². The lowest BCUT2D eigenvalue weighted by molar-refractivity contribution is 0.136. The zero-order valence-electron chi connectivity index (χ0n) is 16.9. The minimum atomic E-state index is -1.51. The van der Waals surface area contributed by atoms with Crippen LogP contribution in [0.4, 0.5) is 13.2 Å². The maximum absolute atomic E-state index is 14.9. The molecule has 1 aliphatic heterocycles. The van der Waals surface area contributed by atoms with Crippen LogP contribution in [0.5, 0.6) is 0 Å². The van der Waals surface area contributed by atoms with Crippen LogP contribution in [0.2, 0.25) is 0 Å². The van der Waals surface area contributed by atoms with E-state index >= 15 is 0 Å². The Balaban J connectivity index is 2.18. The van der Waals surface area contributed by atoms with Crippen LogP contribution in [0, 0.1) is 28.9 Å². The van der Waals surface area contributed by atoms with Gasteiger partial charge in [0.05, 0.1) is 0 Å². The second-order valence-corrected chi connectivity index (χ2v) is 7.33. The van der Waals surface area contributed by atoms with Crippen LogP contribution in [-0.2, 0) is 0 Å². The summed E-state index contributed by atoms with van der Waals surface area (Å²) in [4.78, 5) is 10.3. The van der Waals surface area contributed by atoms with Gasteiger partial charge < -0.3 is 10.2 Å². The SMILES string of the molecule is C=N/C(=C(\N=C(/C)C#N)NC(C)C)N1CCC([C@H](F)c2ccc(F)cc2F)CC1. The number of aliphatic imine (C=N–C) groups is 2. The average Bonchev–Trinajstić information content (AvgIpc) is 2.68. The Morgan fingerprint density at radius 2 is 1.97 bits per heavy atom. The monoisotopic (exact) mass is 405 g/mol. The molecule has 0 amide bonds. The Kier molecular flexibility index (Phi) is 7.82. The fraction of sp³-hybridized carbons (Fsp3) is 0.476. The molecule has 2 rings (SSSR count). The van der Waals surface area contributed by atoms with Crippen molar-refractivity contribution in [2.45, 2.75) is 45.8 Å². The zero-order chi connectivity index (χ0) is 21.6. The van der Waals surface area contributed by atoms with Gasteiger partial charge in [-0.05, 0) is 52.3 Å². The lowest BCUT2D eigenvalue weighted by Crippen LogP contribution is -2.36.